The second kappa shape index (κ2) is 9.03. The summed E-state index contributed by atoms with van der Waals surface area (Å²) in [5.74, 6) is -0.249. The topological polar surface area (TPSA) is 75.3 Å². The zero-order valence-corrected chi connectivity index (χ0v) is 17.3. The van der Waals surface area contributed by atoms with Gasteiger partial charge in [-0.25, -0.2) is 8.42 Å². The molecule has 3 aromatic rings. The molecule has 0 saturated heterocycles. The molecule has 0 saturated carbocycles. The predicted molar refractivity (Wildman–Crippen MR) is 114 cm³/mol. The summed E-state index contributed by atoms with van der Waals surface area (Å²) < 4.78 is 28.3. The van der Waals surface area contributed by atoms with Gasteiger partial charge < -0.3 is 5.32 Å². The van der Waals surface area contributed by atoms with Crippen LogP contribution in [-0.2, 0) is 16.4 Å². The Morgan fingerprint density at radius 3 is 2.32 bits per heavy atom. The van der Waals surface area contributed by atoms with E-state index < -0.39 is 10.0 Å². The third kappa shape index (κ3) is 5.43. The number of anilines is 1. The summed E-state index contributed by atoms with van der Waals surface area (Å²) >= 11 is 3.28. The van der Waals surface area contributed by atoms with E-state index >= 15 is 0 Å². The monoisotopic (exact) mass is 458 g/mol. The normalized spacial score (nSPS) is 11.0. The lowest BCUT2D eigenvalue weighted by molar-refractivity contribution is 0.0954. The van der Waals surface area contributed by atoms with Gasteiger partial charge in [0.1, 0.15) is 0 Å². The molecule has 5 nitrogen and oxygen atoms in total. The molecule has 28 heavy (non-hydrogen) atoms. The van der Waals surface area contributed by atoms with Crippen LogP contribution in [0.3, 0.4) is 0 Å². The van der Waals surface area contributed by atoms with Crippen LogP contribution in [0.25, 0.3) is 0 Å². The summed E-state index contributed by atoms with van der Waals surface area (Å²) in [4.78, 5) is 12.5. The second-order valence-electron chi connectivity index (χ2n) is 6.13. The van der Waals surface area contributed by atoms with Crippen LogP contribution in [0, 0.1) is 0 Å². The molecule has 1 amide bonds. The highest BCUT2D eigenvalue weighted by atomic mass is 79.9. The molecule has 0 heterocycles. The van der Waals surface area contributed by atoms with Crippen molar-refractivity contribution in [3.05, 3.63) is 94.5 Å². The number of hydrogen-bond donors (Lipinski definition) is 2. The van der Waals surface area contributed by atoms with Gasteiger partial charge in [-0.15, -0.1) is 0 Å². The number of sulfonamides is 1. The smallest absolute Gasteiger partial charge is 0.261 e. The van der Waals surface area contributed by atoms with Gasteiger partial charge in [-0.05, 0) is 54.4 Å². The molecule has 0 aliphatic carbocycles. The van der Waals surface area contributed by atoms with E-state index in [1.165, 1.54) is 18.2 Å². The minimum atomic E-state index is -3.73. The third-order valence-electron chi connectivity index (χ3n) is 4.04. The summed E-state index contributed by atoms with van der Waals surface area (Å²) in [6, 6.07) is 22.6. The van der Waals surface area contributed by atoms with Crippen molar-refractivity contribution in [3.63, 3.8) is 0 Å². The molecule has 0 aliphatic rings. The van der Waals surface area contributed by atoms with Crippen molar-refractivity contribution in [1.82, 2.24) is 5.32 Å². The molecule has 3 aromatic carbocycles. The van der Waals surface area contributed by atoms with Gasteiger partial charge >= 0.3 is 0 Å². The molecule has 144 valence electrons. The van der Waals surface area contributed by atoms with Crippen LogP contribution in [0.4, 0.5) is 5.69 Å². The number of halogens is 1. The third-order valence-corrected chi connectivity index (χ3v) is 5.97. The molecule has 3 rings (SSSR count). The van der Waals surface area contributed by atoms with Crippen molar-refractivity contribution in [1.29, 1.82) is 0 Å². The van der Waals surface area contributed by atoms with Gasteiger partial charge in [0.15, 0.2) is 0 Å². The van der Waals surface area contributed by atoms with Gasteiger partial charge in [-0.3, -0.25) is 9.52 Å². The Hall–Kier alpha value is -2.64. The molecule has 7 heteroatoms. The van der Waals surface area contributed by atoms with E-state index in [1.54, 1.807) is 30.3 Å². The second-order valence-corrected chi connectivity index (χ2v) is 8.73. The highest BCUT2D eigenvalue weighted by Gasteiger charge is 2.15. The lowest BCUT2D eigenvalue weighted by Gasteiger charge is -2.10. The van der Waals surface area contributed by atoms with Crippen molar-refractivity contribution in [3.8, 4) is 0 Å². The Labute approximate surface area is 173 Å². The Morgan fingerprint density at radius 2 is 1.61 bits per heavy atom. The SMILES string of the molecule is O=C(NCCc1ccccc1)c1cccc(NS(=O)(=O)c2ccc(Br)cc2)c1. The van der Waals surface area contributed by atoms with E-state index in [1.807, 2.05) is 30.3 Å². The van der Waals surface area contributed by atoms with Crippen LogP contribution in [0.15, 0.2) is 88.2 Å². The van der Waals surface area contributed by atoms with Gasteiger partial charge in [-0.1, -0.05) is 52.3 Å². The average molecular weight is 459 g/mol. The minimum absolute atomic E-state index is 0.147. The Bertz CT molecular complexity index is 1050. The highest BCUT2D eigenvalue weighted by Crippen LogP contribution is 2.19. The minimum Gasteiger partial charge on any atom is -0.352 e. The number of carbonyl (C=O) groups is 1. The van der Waals surface area contributed by atoms with Crippen LogP contribution in [-0.4, -0.2) is 20.9 Å². The maximum absolute atomic E-state index is 12.5. The van der Waals surface area contributed by atoms with Crippen LogP contribution < -0.4 is 10.0 Å². The number of rotatable bonds is 7. The van der Waals surface area contributed by atoms with Gasteiger partial charge in [0.2, 0.25) is 0 Å². The lowest BCUT2D eigenvalue weighted by atomic mass is 10.1. The fourth-order valence-electron chi connectivity index (χ4n) is 2.62. The van der Waals surface area contributed by atoms with E-state index in [0.717, 1.165) is 16.5 Å². The van der Waals surface area contributed by atoms with Crippen molar-refractivity contribution >= 4 is 37.5 Å². The first-order chi connectivity index (χ1) is 13.4. The molecular formula is C21H19BrN2O3S. The molecular weight excluding hydrogens is 440 g/mol. The van der Waals surface area contributed by atoms with Crippen molar-refractivity contribution in [2.45, 2.75) is 11.3 Å². The van der Waals surface area contributed by atoms with E-state index in [9.17, 15) is 13.2 Å². The van der Waals surface area contributed by atoms with E-state index in [2.05, 4.69) is 26.0 Å². The number of carbonyl (C=O) groups excluding carboxylic acids is 1. The van der Waals surface area contributed by atoms with Crippen LogP contribution in [0.2, 0.25) is 0 Å². The summed E-state index contributed by atoms with van der Waals surface area (Å²) in [6.45, 7) is 0.498. The van der Waals surface area contributed by atoms with Gasteiger partial charge in [0, 0.05) is 22.3 Å². The molecule has 0 aliphatic heterocycles. The van der Waals surface area contributed by atoms with Crippen molar-refractivity contribution in [2.75, 3.05) is 11.3 Å². The fraction of sp³-hybridized carbons (Fsp3) is 0.0952. The van der Waals surface area contributed by atoms with Crippen LogP contribution in [0.5, 0.6) is 0 Å². The zero-order valence-electron chi connectivity index (χ0n) is 14.9. The molecule has 2 N–H and O–H groups in total. The van der Waals surface area contributed by atoms with Crippen molar-refractivity contribution < 1.29 is 13.2 Å². The van der Waals surface area contributed by atoms with E-state index in [4.69, 9.17) is 0 Å². The van der Waals surface area contributed by atoms with Crippen LogP contribution in [0.1, 0.15) is 15.9 Å². The molecule has 0 fully saturated rings. The van der Waals surface area contributed by atoms with Gasteiger partial charge in [0.25, 0.3) is 15.9 Å². The Morgan fingerprint density at radius 1 is 0.893 bits per heavy atom. The summed E-state index contributed by atoms with van der Waals surface area (Å²) in [5.41, 5.74) is 1.86. The first-order valence-corrected chi connectivity index (χ1v) is 10.9. The van der Waals surface area contributed by atoms with Crippen molar-refractivity contribution in [2.24, 2.45) is 0 Å². The molecule has 0 atom stereocenters. The number of nitrogens with one attached hydrogen (secondary N) is 2. The zero-order chi connectivity index (χ0) is 20.0. The highest BCUT2D eigenvalue weighted by molar-refractivity contribution is 9.10. The summed E-state index contributed by atoms with van der Waals surface area (Å²) in [5, 5.41) is 2.85. The quantitative estimate of drug-likeness (QED) is 0.556. The Balaban J connectivity index is 1.64. The maximum atomic E-state index is 12.5. The summed E-state index contributed by atoms with van der Waals surface area (Å²) in [6.07, 6.45) is 0.725. The van der Waals surface area contributed by atoms with E-state index in [-0.39, 0.29) is 10.8 Å². The summed E-state index contributed by atoms with van der Waals surface area (Å²) in [7, 11) is -3.73. The van der Waals surface area contributed by atoms with Gasteiger partial charge in [-0.2, -0.15) is 0 Å². The predicted octanol–water partition coefficient (Wildman–Crippen LogP) is 4.22. The molecule has 0 radical (unpaired) electrons. The average Bonchev–Trinajstić information content (AvgIpc) is 2.69. The van der Waals surface area contributed by atoms with E-state index in [0.29, 0.717) is 17.8 Å². The largest absolute Gasteiger partial charge is 0.352 e. The number of benzene rings is 3. The van der Waals surface area contributed by atoms with Gasteiger partial charge in [0.05, 0.1) is 4.90 Å². The number of hydrogen-bond acceptors (Lipinski definition) is 3. The fourth-order valence-corrected chi connectivity index (χ4v) is 3.93. The lowest BCUT2D eigenvalue weighted by Crippen LogP contribution is -2.25. The standard InChI is InChI=1S/C21H19BrN2O3S/c22-18-9-11-20(12-10-18)28(26,27)24-19-8-4-7-17(15-19)21(25)23-14-13-16-5-2-1-3-6-16/h1-12,15,24H,13-14H2,(H,23,25). The molecule has 0 aromatic heterocycles. The Kier molecular flexibility index (Phi) is 6.49. The molecule has 0 spiro atoms. The first-order valence-electron chi connectivity index (χ1n) is 8.65. The molecule has 0 unspecified atom stereocenters. The first kappa shape index (κ1) is 20.1. The maximum Gasteiger partial charge on any atom is 0.261 e. The number of amides is 1. The molecule has 0 bridgehead atoms. The van der Waals surface area contributed by atoms with Crippen LogP contribution >= 0.6 is 15.9 Å².